The molecule has 6 heteroatoms. The first-order chi connectivity index (χ1) is 9.22. The lowest BCUT2D eigenvalue weighted by Crippen LogP contribution is -2.13. The highest BCUT2D eigenvalue weighted by atomic mass is 32.5. The molecule has 2 aromatic rings. The Morgan fingerprint density at radius 3 is 1.68 bits per heavy atom. The van der Waals surface area contributed by atoms with Gasteiger partial charge in [0.1, 0.15) is 11.5 Å². The molecule has 4 nitrogen and oxygen atoms in total. The average molecular weight is 290 g/mol. The van der Waals surface area contributed by atoms with Crippen molar-refractivity contribution < 1.29 is 9.05 Å². The van der Waals surface area contributed by atoms with Crippen LogP contribution in [0, 0.1) is 11.5 Å². The minimum atomic E-state index is -2.94. The number of hydrogen-bond acceptors (Lipinski definition) is 4. The predicted molar refractivity (Wildman–Crippen MR) is 77.2 cm³/mol. The van der Waals surface area contributed by atoms with Gasteiger partial charge in [-0.25, -0.2) is 5.09 Å². The fourth-order valence-corrected chi connectivity index (χ4v) is 3.05. The van der Waals surface area contributed by atoms with E-state index in [0.29, 0.717) is 11.5 Å². The van der Waals surface area contributed by atoms with Crippen molar-refractivity contribution in [1.82, 2.24) is 5.09 Å². The predicted octanol–water partition coefficient (Wildman–Crippen LogP) is 3.44. The maximum absolute atomic E-state index is 8.80. The number of rotatable bonds is 5. The van der Waals surface area contributed by atoms with Gasteiger partial charge in [-0.15, -0.1) is 0 Å². The van der Waals surface area contributed by atoms with Crippen LogP contribution in [0.5, 0.6) is 11.5 Å². The lowest BCUT2D eigenvalue weighted by Gasteiger charge is -2.21. The maximum atomic E-state index is 8.80. The van der Waals surface area contributed by atoms with Crippen molar-refractivity contribution in [2.45, 2.75) is 0 Å². The summed E-state index contributed by atoms with van der Waals surface area (Å²) in [5.41, 5.74) is 0. The minimum absolute atomic E-state index is 0.560. The molecule has 0 aliphatic heterocycles. The molecule has 1 N–H and O–H groups in total. The van der Waals surface area contributed by atoms with Gasteiger partial charge in [-0.2, -0.15) is 5.26 Å². The van der Waals surface area contributed by atoms with E-state index in [1.807, 2.05) is 36.4 Å². The van der Waals surface area contributed by atoms with E-state index >= 15 is 0 Å². The Morgan fingerprint density at radius 1 is 0.895 bits per heavy atom. The van der Waals surface area contributed by atoms with Gasteiger partial charge in [0, 0.05) is 11.8 Å². The Bertz CT molecular complexity index is 568. The van der Waals surface area contributed by atoms with Gasteiger partial charge in [0.15, 0.2) is 6.19 Å². The highest BCUT2D eigenvalue weighted by Gasteiger charge is 2.22. The molecule has 96 valence electrons. The molecule has 0 radical (unpaired) electrons. The molecule has 0 spiro atoms. The van der Waals surface area contributed by atoms with Crippen LogP contribution in [0.15, 0.2) is 60.7 Å². The zero-order valence-corrected chi connectivity index (χ0v) is 11.6. The standard InChI is InChI=1S/C13H11N2O2PS/c14-11-15-18(19,16-12-7-3-1-4-8-12)17-13-9-5-2-6-10-13/h1-10H,(H,15,19). The van der Waals surface area contributed by atoms with Gasteiger partial charge in [0.2, 0.25) is 0 Å². The second-order valence-corrected chi connectivity index (χ2v) is 6.56. The number of hydrogen-bond donors (Lipinski definition) is 1. The largest absolute Gasteiger partial charge is 0.420 e. The van der Waals surface area contributed by atoms with Crippen molar-refractivity contribution in [1.29, 1.82) is 5.26 Å². The monoisotopic (exact) mass is 290 g/mol. The second-order valence-electron chi connectivity index (χ2n) is 3.53. The molecule has 0 aliphatic rings. The Hall–Kier alpha value is -2.02. The van der Waals surface area contributed by atoms with Gasteiger partial charge in [-0.1, -0.05) is 36.4 Å². The molecule has 2 aromatic carbocycles. The van der Waals surface area contributed by atoms with E-state index in [1.165, 1.54) is 0 Å². The van der Waals surface area contributed by atoms with Gasteiger partial charge >= 0.3 is 6.64 Å². The maximum Gasteiger partial charge on any atom is 0.401 e. The molecule has 19 heavy (non-hydrogen) atoms. The molecule has 0 saturated carbocycles. The number of para-hydroxylation sites is 2. The van der Waals surface area contributed by atoms with Crippen LogP contribution in [-0.2, 0) is 11.8 Å². The van der Waals surface area contributed by atoms with Crippen LogP contribution in [0.25, 0.3) is 0 Å². The van der Waals surface area contributed by atoms with Crippen molar-refractivity contribution in [3.05, 3.63) is 60.7 Å². The summed E-state index contributed by atoms with van der Waals surface area (Å²) in [7, 11) is 0. The quantitative estimate of drug-likeness (QED) is 0.519. The van der Waals surface area contributed by atoms with Crippen molar-refractivity contribution in [2.75, 3.05) is 0 Å². The van der Waals surface area contributed by atoms with Crippen molar-refractivity contribution in [2.24, 2.45) is 0 Å². The summed E-state index contributed by atoms with van der Waals surface area (Å²) < 4.78 is 11.2. The summed E-state index contributed by atoms with van der Waals surface area (Å²) in [6.07, 6.45) is 1.79. The van der Waals surface area contributed by atoms with E-state index in [4.69, 9.17) is 26.1 Å². The smallest absolute Gasteiger partial charge is 0.401 e. The molecule has 0 bridgehead atoms. The molecule has 2 rings (SSSR count). The molecular weight excluding hydrogens is 279 g/mol. The fourth-order valence-electron chi connectivity index (χ4n) is 1.37. The normalized spacial score (nSPS) is 10.3. The lowest BCUT2D eigenvalue weighted by atomic mass is 10.3. The Balaban J connectivity index is 2.19. The highest BCUT2D eigenvalue weighted by molar-refractivity contribution is 8.09. The minimum Gasteiger partial charge on any atom is -0.420 e. The molecule has 0 heterocycles. The Morgan fingerprint density at radius 2 is 1.32 bits per heavy atom. The molecule has 0 unspecified atom stereocenters. The Kier molecular flexibility index (Phi) is 4.40. The van der Waals surface area contributed by atoms with E-state index in [1.54, 1.807) is 30.5 Å². The van der Waals surface area contributed by atoms with E-state index in [9.17, 15) is 0 Å². The topological polar surface area (TPSA) is 54.3 Å². The summed E-state index contributed by atoms with van der Waals surface area (Å²) >= 11 is 5.30. The molecule has 0 fully saturated rings. The van der Waals surface area contributed by atoms with Gasteiger partial charge < -0.3 is 9.05 Å². The SMILES string of the molecule is N#CNP(=S)(Oc1ccccc1)Oc1ccccc1. The van der Waals surface area contributed by atoms with Gasteiger partial charge in [-0.05, 0) is 24.3 Å². The second kappa shape index (κ2) is 6.24. The van der Waals surface area contributed by atoms with E-state index in [2.05, 4.69) is 5.09 Å². The van der Waals surface area contributed by atoms with Gasteiger partial charge in [0.25, 0.3) is 0 Å². The van der Waals surface area contributed by atoms with E-state index in [0.717, 1.165) is 0 Å². The molecule has 0 amide bonds. The zero-order chi connectivity index (χ0) is 13.6. The Labute approximate surface area is 116 Å². The van der Waals surface area contributed by atoms with Crippen LogP contribution in [0.4, 0.5) is 0 Å². The summed E-state index contributed by atoms with van der Waals surface area (Å²) in [4.78, 5) is 0. The van der Waals surface area contributed by atoms with Crippen LogP contribution in [0.3, 0.4) is 0 Å². The number of nitriles is 1. The first-order valence-corrected chi connectivity index (χ1v) is 8.11. The summed E-state index contributed by atoms with van der Waals surface area (Å²) in [5.74, 6) is 1.12. The third kappa shape index (κ3) is 3.99. The summed E-state index contributed by atoms with van der Waals surface area (Å²) in [5, 5.41) is 11.2. The summed E-state index contributed by atoms with van der Waals surface area (Å²) in [6, 6.07) is 18.1. The van der Waals surface area contributed by atoms with Gasteiger partial charge in [0.05, 0.1) is 0 Å². The first kappa shape index (κ1) is 13.4. The van der Waals surface area contributed by atoms with E-state index in [-0.39, 0.29) is 0 Å². The average Bonchev–Trinajstić information content (AvgIpc) is 2.41. The molecule has 0 aromatic heterocycles. The molecule has 0 saturated heterocycles. The van der Waals surface area contributed by atoms with Crippen LogP contribution < -0.4 is 14.1 Å². The van der Waals surface area contributed by atoms with Crippen LogP contribution in [0.1, 0.15) is 0 Å². The van der Waals surface area contributed by atoms with Crippen LogP contribution in [-0.4, -0.2) is 0 Å². The molecule has 0 atom stereocenters. The highest BCUT2D eigenvalue weighted by Crippen LogP contribution is 2.44. The van der Waals surface area contributed by atoms with Crippen molar-refractivity contribution in [3.63, 3.8) is 0 Å². The van der Waals surface area contributed by atoms with Crippen molar-refractivity contribution >= 4 is 18.4 Å². The number of nitrogens with one attached hydrogen (secondary N) is 1. The molecular formula is C13H11N2O2PS. The first-order valence-electron chi connectivity index (χ1n) is 5.47. The van der Waals surface area contributed by atoms with Crippen molar-refractivity contribution in [3.8, 4) is 17.7 Å². The number of benzene rings is 2. The third-order valence-corrected chi connectivity index (χ3v) is 4.12. The van der Waals surface area contributed by atoms with E-state index < -0.39 is 6.64 Å². The van der Waals surface area contributed by atoms with Gasteiger partial charge in [-0.3, -0.25) is 0 Å². The number of nitrogens with zero attached hydrogens (tertiary/aromatic N) is 1. The van der Waals surface area contributed by atoms with Crippen LogP contribution >= 0.6 is 6.64 Å². The fraction of sp³-hybridized carbons (Fsp3) is 0. The van der Waals surface area contributed by atoms with Crippen LogP contribution in [0.2, 0.25) is 0 Å². The molecule has 0 aliphatic carbocycles. The lowest BCUT2D eigenvalue weighted by molar-refractivity contribution is 0.479. The third-order valence-electron chi connectivity index (χ3n) is 2.12. The zero-order valence-electron chi connectivity index (χ0n) is 9.89. The summed E-state index contributed by atoms with van der Waals surface area (Å²) in [6.45, 7) is -2.94.